The quantitative estimate of drug-likeness (QED) is 0.161. The molecule has 0 unspecified atom stereocenters. The molecule has 0 radical (unpaired) electrons. The van der Waals surface area contributed by atoms with Gasteiger partial charge in [-0.25, -0.2) is 0 Å². The first-order valence-electron chi connectivity index (χ1n) is 20.2. The van der Waals surface area contributed by atoms with Crippen LogP contribution in [0.2, 0.25) is 0 Å². The lowest BCUT2D eigenvalue weighted by molar-refractivity contribution is 0.670. The highest BCUT2D eigenvalue weighted by molar-refractivity contribution is 6.98. The molecule has 1 aliphatic heterocycles. The molecule has 0 aliphatic carbocycles. The van der Waals surface area contributed by atoms with Gasteiger partial charge in [-0.1, -0.05) is 192 Å². The Bertz CT molecular complexity index is 3280. The van der Waals surface area contributed by atoms with Crippen molar-refractivity contribution in [2.45, 2.75) is 6.42 Å². The third kappa shape index (κ3) is 5.00. The van der Waals surface area contributed by atoms with Gasteiger partial charge >= 0.3 is 0 Å². The Balaban J connectivity index is 1.15. The van der Waals surface area contributed by atoms with Crippen molar-refractivity contribution < 1.29 is 4.42 Å². The van der Waals surface area contributed by atoms with E-state index in [0.29, 0.717) is 0 Å². The number of nitrogens with zero attached hydrogens (tertiary/aromatic N) is 1. The molecule has 0 atom stereocenters. The molecule has 0 saturated carbocycles. The molecule has 0 spiro atoms. The number of para-hydroxylation sites is 3. The van der Waals surface area contributed by atoms with Gasteiger partial charge in [0.15, 0.2) is 0 Å². The molecule has 12 rings (SSSR count). The summed E-state index contributed by atoms with van der Waals surface area (Å²) in [5, 5.41) is 4.72. The molecule has 3 heterocycles. The fraction of sp³-hybridized carbons (Fsp3) is 0.0182. The smallest absolute Gasteiger partial charge is 0.243 e. The SMILES string of the molecule is c1ccc(-c2ccc(-c3cccc4c3oc3ccc(-n5c6ccccc6c6ccccc65)cc34)c(-c3ccccc3)c2B2c3ccccc3Cc3ccccc32)cc1. The normalized spacial score (nSPS) is 12.4. The summed E-state index contributed by atoms with van der Waals surface area (Å²) in [5.41, 5.74) is 19.2. The van der Waals surface area contributed by atoms with Crippen molar-refractivity contribution in [3.8, 4) is 39.1 Å². The van der Waals surface area contributed by atoms with E-state index in [9.17, 15) is 0 Å². The molecule has 3 heteroatoms. The Hall–Kier alpha value is -7.36. The predicted octanol–water partition coefficient (Wildman–Crippen LogP) is 12.1. The maximum Gasteiger partial charge on any atom is 0.243 e. The second kappa shape index (κ2) is 13.1. The molecular formula is C55H36BNO. The highest BCUT2D eigenvalue weighted by atomic mass is 16.3. The summed E-state index contributed by atoms with van der Waals surface area (Å²) >= 11 is 0. The van der Waals surface area contributed by atoms with Crippen LogP contribution >= 0.6 is 0 Å². The van der Waals surface area contributed by atoms with Gasteiger partial charge in [0, 0.05) is 32.8 Å². The van der Waals surface area contributed by atoms with Crippen molar-refractivity contribution in [3.63, 3.8) is 0 Å². The van der Waals surface area contributed by atoms with E-state index in [4.69, 9.17) is 4.42 Å². The van der Waals surface area contributed by atoms with Gasteiger partial charge < -0.3 is 8.98 Å². The fourth-order valence-corrected chi connectivity index (χ4v) is 9.90. The number of rotatable bonds is 5. The average Bonchev–Trinajstić information content (AvgIpc) is 3.84. The van der Waals surface area contributed by atoms with Crippen LogP contribution in [0.5, 0.6) is 0 Å². The third-order valence-corrected chi connectivity index (χ3v) is 12.4. The van der Waals surface area contributed by atoms with Crippen molar-refractivity contribution in [2.75, 3.05) is 0 Å². The van der Waals surface area contributed by atoms with Gasteiger partial charge in [0.1, 0.15) is 11.2 Å². The Morgan fingerprint density at radius 3 is 1.67 bits per heavy atom. The highest BCUT2D eigenvalue weighted by Crippen LogP contribution is 2.42. The van der Waals surface area contributed by atoms with Crippen LogP contribution in [0, 0.1) is 0 Å². The van der Waals surface area contributed by atoms with Gasteiger partial charge in [-0.15, -0.1) is 0 Å². The van der Waals surface area contributed by atoms with Crippen LogP contribution in [-0.2, 0) is 6.42 Å². The van der Waals surface area contributed by atoms with Crippen LogP contribution < -0.4 is 16.4 Å². The van der Waals surface area contributed by atoms with Crippen molar-refractivity contribution in [1.29, 1.82) is 0 Å². The molecule has 270 valence electrons. The monoisotopic (exact) mass is 737 g/mol. The first-order chi connectivity index (χ1) is 28.8. The van der Waals surface area contributed by atoms with Crippen LogP contribution in [0.1, 0.15) is 11.1 Å². The summed E-state index contributed by atoms with van der Waals surface area (Å²) in [5.74, 6) is 0. The molecule has 9 aromatic carbocycles. The Morgan fingerprint density at radius 2 is 0.983 bits per heavy atom. The van der Waals surface area contributed by atoms with Crippen molar-refractivity contribution >= 4 is 66.8 Å². The van der Waals surface area contributed by atoms with Gasteiger partial charge in [-0.05, 0) is 75.7 Å². The van der Waals surface area contributed by atoms with Crippen LogP contribution in [0.25, 0.3) is 82.8 Å². The molecule has 2 nitrogen and oxygen atoms in total. The van der Waals surface area contributed by atoms with E-state index in [1.807, 2.05) is 0 Å². The number of aromatic nitrogens is 1. The fourth-order valence-electron chi connectivity index (χ4n) is 9.90. The molecule has 0 saturated heterocycles. The Morgan fingerprint density at radius 1 is 0.414 bits per heavy atom. The molecule has 0 fully saturated rings. The zero-order valence-electron chi connectivity index (χ0n) is 31.8. The summed E-state index contributed by atoms with van der Waals surface area (Å²) in [6.45, 7) is 0.0233. The first-order valence-corrected chi connectivity index (χ1v) is 20.2. The largest absolute Gasteiger partial charge is 0.455 e. The Labute approximate surface area is 337 Å². The van der Waals surface area contributed by atoms with Gasteiger partial charge in [-0.2, -0.15) is 0 Å². The average molecular weight is 738 g/mol. The maximum atomic E-state index is 6.98. The summed E-state index contributed by atoms with van der Waals surface area (Å²) < 4.78 is 9.36. The lowest BCUT2D eigenvalue weighted by atomic mass is 9.32. The summed E-state index contributed by atoms with van der Waals surface area (Å²) in [4.78, 5) is 0. The summed E-state index contributed by atoms with van der Waals surface area (Å²) in [6.07, 6.45) is 0.929. The minimum absolute atomic E-state index is 0.0233. The van der Waals surface area contributed by atoms with E-state index < -0.39 is 0 Å². The highest BCUT2D eigenvalue weighted by Gasteiger charge is 2.35. The first kappa shape index (κ1) is 32.8. The Kier molecular flexibility index (Phi) is 7.43. The number of hydrogen-bond acceptors (Lipinski definition) is 1. The molecular weight excluding hydrogens is 701 g/mol. The summed E-state index contributed by atoms with van der Waals surface area (Å²) in [7, 11) is 0. The second-order valence-electron chi connectivity index (χ2n) is 15.5. The van der Waals surface area contributed by atoms with Crippen molar-refractivity contribution in [2.24, 2.45) is 0 Å². The van der Waals surface area contributed by atoms with Gasteiger partial charge in [0.05, 0.1) is 11.0 Å². The van der Waals surface area contributed by atoms with Crippen molar-refractivity contribution in [3.05, 3.63) is 217 Å². The molecule has 1 aliphatic rings. The van der Waals surface area contributed by atoms with E-state index in [2.05, 4.69) is 211 Å². The molecule has 58 heavy (non-hydrogen) atoms. The van der Waals surface area contributed by atoms with Crippen LogP contribution in [0.4, 0.5) is 0 Å². The maximum absolute atomic E-state index is 6.98. The predicted molar refractivity (Wildman–Crippen MR) is 245 cm³/mol. The van der Waals surface area contributed by atoms with E-state index in [1.165, 1.54) is 71.6 Å². The topological polar surface area (TPSA) is 18.1 Å². The third-order valence-electron chi connectivity index (χ3n) is 12.4. The van der Waals surface area contributed by atoms with Gasteiger partial charge in [-0.3, -0.25) is 0 Å². The molecule has 0 N–H and O–H groups in total. The molecule has 2 aromatic heterocycles. The number of hydrogen-bond donors (Lipinski definition) is 0. The zero-order chi connectivity index (χ0) is 38.2. The number of furan rings is 1. The molecule has 0 bridgehead atoms. The lowest BCUT2D eigenvalue weighted by Gasteiger charge is -2.31. The second-order valence-corrected chi connectivity index (χ2v) is 15.5. The van der Waals surface area contributed by atoms with E-state index in [-0.39, 0.29) is 6.71 Å². The van der Waals surface area contributed by atoms with Crippen LogP contribution in [0.3, 0.4) is 0 Å². The van der Waals surface area contributed by atoms with Crippen LogP contribution in [0.15, 0.2) is 211 Å². The minimum Gasteiger partial charge on any atom is -0.455 e. The number of fused-ring (bicyclic) bond motifs is 8. The summed E-state index contributed by atoms with van der Waals surface area (Å²) in [6, 6.07) is 75.4. The van der Waals surface area contributed by atoms with Crippen molar-refractivity contribution in [1.82, 2.24) is 4.57 Å². The van der Waals surface area contributed by atoms with E-state index in [0.717, 1.165) is 45.2 Å². The standard InChI is InChI=1S/C55H36BNO/c1-3-16-36(17-4-1)41-31-32-44(53(37-18-5-2-6-19-37)54(41)56-48-26-11-7-20-38(48)34-39-21-8-12-27-49(39)56)45-24-15-25-46-47-35-40(30-33-52(47)58-55(45)46)57-50-28-13-9-22-42(50)43-23-10-14-29-51(43)57/h1-33,35H,34H2. The van der Waals surface area contributed by atoms with E-state index in [1.54, 1.807) is 0 Å². The van der Waals surface area contributed by atoms with Gasteiger partial charge in [0.2, 0.25) is 6.71 Å². The number of benzene rings is 9. The minimum atomic E-state index is 0.0233. The molecule has 0 amide bonds. The van der Waals surface area contributed by atoms with Gasteiger partial charge in [0.25, 0.3) is 0 Å². The molecule has 11 aromatic rings. The van der Waals surface area contributed by atoms with Crippen LogP contribution in [-0.4, -0.2) is 11.3 Å². The lowest BCUT2D eigenvalue weighted by Crippen LogP contribution is -2.58. The van der Waals surface area contributed by atoms with E-state index >= 15 is 0 Å². The zero-order valence-corrected chi connectivity index (χ0v) is 31.8.